The lowest BCUT2D eigenvalue weighted by Gasteiger charge is -2.31. The van der Waals surface area contributed by atoms with Gasteiger partial charge in [-0.2, -0.15) is 10.2 Å². The zero-order valence-corrected chi connectivity index (χ0v) is 11.3. The lowest BCUT2D eigenvalue weighted by Crippen LogP contribution is -2.36. The van der Waals surface area contributed by atoms with E-state index in [1.807, 2.05) is 4.68 Å². The van der Waals surface area contributed by atoms with E-state index in [9.17, 15) is 0 Å². The molecular formula is C13H20N6. The van der Waals surface area contributed by atoms with Gasteiger partial charge in [-0.05, 0) is 32.4 Å². The van der Waals surface area contributed by atoms with Crippen molar-refractivity contribution in [1.82, 2.24) is 29.9 Å². The van der Waals surface area contributed by atoms with Crippen molar-refractivity contribution in [2.24, 2.45) is 0 Å². The zero-order chi connectivity index (χ0) is 13.1. The fraction of sp³-hybridized carbons (Fsp3) is 0.615. The second kappa shape index (κ2) is 5.52. The number of hydrogen-bond donors (Lipinski definition) is 1. The molecule has 3 rings (SSSR count). The predicted octanol–water partition coefficient (Wildman–Crippen LogP) is 1.19. The molecule has 1 saturated heterocycles. The molecule has 6 heteroatoms. The molecule has 1 aliphatic rings. The summed E-state index contributed by atoms with van der Waals surface area (Å²) in [5.41, 5.74) is 2.36. The van der Waals surface area contributed by atoms with E-state index in [4.69, 9.17) is 0 Å². The van der Waals surface area contributed by atoms with Gasteiger partial charge in [-0.3, -0.25) is 9.78 Å². The van der Waals surface area contributed by atoms with Gasteiger partial charge < -0.3 is 4.90 Å². The molecule has 102 valence electrons. The van der Waals surface area contributed by atoms with Gasteiger partial charge in [-0.15, -0.1) is 0 Å². The van der Waals surface area contributed by atoms with Crippen molar-refractivity contribution in [3.05, 3.63) is 30.1 Å². The standard InChI is InChI=1S/C13H20N6/c1-11-7-13(17-16-11)12-3-2-4-18(8-12)5-6-19-10-14-9-15-19/h7,9-10,12H,2-6,8H2,1H3,(H,16,17). The van der Waals surface area contributed by atoms with Crippen LogP contribution in [0.3, 0.4) is 0 Å². The van der Waals surface area contributed by atoms with Crippen LogP contribution in [-0.2, 0) is 6.54 Å². The van der Waals surface area contributed by atoms with Gasteiger partial charge in [-0.25, -0.2) is 4.98 Å². The molecule has 1 atom stereocenters. The van der Waals surface area contributed by atoms with E-state index in [1.54, 1.807) is 12.7 Å². The highest BCUT2D eigenvalue weighted by molar-refractivity contribution is 5.13. The summed E-state index contributed by atoms with van der Waals surface area (Å²) in [7, 11) is 0. The first-order valence-corrected chi connectivity index (χ1v) is 6.88. The molecule has 0 aromatic carbocycles. The zero-order valence-electron chi connectivity index (χ0n) is 11.3. The Bertz CT molecular complexity index is 503. The van der Waals surface area contributed by atoms with Crippen LogP contribution < -0.4 is 0 Å². The first-order valence-electron chi connectivity index (χ1n) is 6.88. The second-order valence-corrected chi connectivity index (χ2v) is 5.27. The van der Waals surface area contributed by atoms with Crippen LogP contribution in [0, 0.1) is 6.92 Å². The van der Waals surface area contributed by atoms with Gasteiger partial charge in [0.2, 0.25) is 0 Å². The van der Waals surface area contributed by atoms with E-state index in [2.05, 4.69) is 38.2 Å². The van der Waals surface area contributed by atoms with E-state index in [-0.39, 0.29) is 0 Å². The van der Waals surface area contributed by atoms with Gasteiger partial charge in [0.25, 0.3) is 0 Å². The molecule has 3 heterocycles. The van der Waals surface area contributed by atoms with E-state index in [0.717, 1.165) is 25.3 Å². The Morgan fingerprint density at radius 1 is 1.42 bits per heavy atom. The van der Waals surface area contributed by atoms with Gasteiger partial charge >= 0.3 is 0 Å². The van der Waals surface area contributed by atoms with E-state index >= 15 is 0 Å². The average Bonchev–Trinajstić information content (AvgIpc) is 3.08. The summed E-state index contributed by atoms with van der Waals surface area (Å²) in [6.07, 6.45) is 5.85. The van der Waals surface area contributed by atoms with Crippen molar-refractivity contribution in [2.45, 2.75) is 32.2 Å². The Balaban J connectivity index is 1.56. The largest absolute Gasteiger partial charge is 0.301 e. The molecule has 1 aliphatic heterocycles. The highest BCUT2D eigenvalue weighted by Gasteiger charge is 2.22. The van der Waals surface area contributed by atoms with E-state index in [0.29, 0.717) is 5.92 Å². The summed E-state index contributed by atoms with van der Waals surface area (Å²) in [5.74, 6) is 0.564. The smallest absolute Gasteiger partial charge is 0.137 e. The number of nitrogens with zero attached hydrogens (tertiary/aromatic N) is 5. The molecule has 19 heavy (non-hydrogen) atoms. The Hall–Kier alpha value is -1.69. The Kier molecular flexibility index (Phi) is 3.59. The van der Waals surface area contributed by atoms with Crippen molar-refractivity contribution in [3.8, 4) is 0 Å². The third kappa shape index (κ3) is 3.01. The minimum Gasteiger partial charge on any atom is -0.301 e. The highest BCUT2D eigenvalue weighted by atomic mass is 15.3. The molecule has 1 N–H and O–H groups in total. The topological polar surface area (TPSA) is 62.6 Å². The molecule has 0 saturated carbocycles. The SMILES string of the molecule is Cc1cc(C2CCCN(CCn3cncn3)C2)n[nH]1. The Labute approximate surface area is 112 Å². The number of likely N-dealkylation sites (tertiary alicyclic amines) is 1. The van der Waals surface area contributed by atoms with Crippen LogP contribution in [0.1, 0.15) is 30.1 Å². The molecule has 0 aliphatic carbocycles. The predicted molar refractivity (Wildman–Crippen MR) is 71.8 cm³/mol. The molecular weight excluding hydrogens is 240 g/mol. The van der Waals surface area contributed by atoms with Crippen LogP contribution in [-0.4, -0.2) is 49.5 Å². The third-order valence-corrected chi connectivity index (χ3v) is 3.76. The maximum Gasteiger partial charge on any atom is 0.137 e. The maximum absolute atomic E-state index is 4.40. The minimum atomic E-state index is 0.564. The van der Waals surface area contributed by atoms with Crippen molar-refractivity contribution >= 4 is 0 Å². The molecule has 1 unspecified atom stereocenters. The number of rotatable bonds is 4. The van der Waals surface area contributed by atoms with Crippen LogP contribution in [0.25, 0.3) is 0 Å². The summed E-state index contributed by atoms with van der Waals surface area (Å²) in [4.78, 5) is 6.47. The normalized spacial score (nSPS) is 20.8. The number of aryl methyl sites for hydroxylation is 1. The number of aromatic nitrogens is 5. The van der Waals surface area contributed by atoms with Gasteiger partial charge in [-0.1, -0.05) is 0 Å². The first-order chi connectivity index (χ1) is 9.31. The molecule has 0 spiro atoms. The van der Waals surface area contributed by atoms with Gasteiger partial charge in [0.1, 0.15) is 12.7 Å². The molecule has 0 bridgehead atoms. The molecule has 0 amide bonds. The van der Waals surface area contributed by atoms with Crippen molar-refractivity contribution in [2.75, 3.05) is 19.6 Å². The lowest BCUT2D eigenvalue weighted by atomic mass is 9.95. The van der Waals surface area contributed by atoms with Crippen LogP contribution in [0.4, 0.5) is 0 Å². The Morgan fingerprint density at radius 2 is 2.37 bits per heavy atom. The van der Waals surface area contributed by atoms with Crippen molar-refractivity contribution in [3.63, 3.8) is 0 Å². The van der Waals surface area contributed by atoms with Crippen molar-refractivity contribution < 1.29 is 0 Å². The number of H-pyrrole nitrogens is 1. The van der Waals surface area contributed by atoms with Crippen LogP contribution in [0.2, 0.25) is 0 Å². The highest BCUT2D eigenvalue weighted by Crippen LogP contribution is 2.25. The van der Waals surface area contributed by atoms with Gasteiger partial charge in [0, 0.05) is 24.7 Å². The molecule has 0 radical (unpaired) electrons. The quantitative estimate of drug-likeness (QED) is 0.897. The molecule has 1 fully saturated rings. The maximum atomic E-state index is 4.40. The number of nitrogens with one attached hydrogen (secondary N) is 1. The van der Waals surface area contributed by atoms with Crippen LogP contribution in [0.5, 0.6) is 0 Å². The summed E-state index contributed by atoms with van der Waals surface area (Å²) in [5, 5.41) is 11.6. The van der Waals surface area contributed by atoms with Crippen LogP contribution >= 0.6 is 0 Å². The van der Waals surface area contributed by atoms with Gasteiger partial charge in [0.15, 0.2) is 0 Å². The summed E-state index contributed by atoms with van der Waals surface area (Å²) in [6, 6.07) is 2.17. The molecule has 2 aromatic rings. The summed E-state index contributed by atoms with van der Waals surface area (Å²) < 4.78 is 1.89. The van der Waals surface area contributed by atoms with Crippen LogP contribution in [0.15, 0.2) is 18.7 Å². The second-order valence-electron chi connectivity index (χ2n) is 5.27. The Morgan fingerprint density at radius 3 is 3.11 bits per heavy atom. The monoisotopic (exact) mass is 260 g/mol. The lowest BCUT2D eigenvalue weighted by molar-refractivity contribution is 0.197. The fourth-order valence-corrected chi connectivity index (χ4v) is 2.74. The summed E-state index contributed by atoms with van der Waals surface area (Å²) in [6.45, 7) is 6.27. The van der Waals surface area contributed by atoms with Gasteiger partial charge in [0.05, 0.1) is 12.2 Å². The third-order valence-electron chi connectivity index (χ3n) is 3.76. The van der Waals surface area contributed by atoms with E-state index < -0.39 is 0 Å². The minimum absolute atomic E-state index is 0.564. The fourth-order valence-electron chi connectivity index (χ4n) is 2.74. The summed E-state index contributed by atoms with van der Waals surface area (Å²) >= 11 is 0. The number of hydrogen-bond acceptors (Lipinski definition) is 4. The number of aromatic amines is 1. The molecule has 6 nitrogen and oxygen atoms in total. The first kappa shape index (κ1) is 12.3. The van der Waals surface area contributed by atoms with Crippen molar-refractivity contribution in [1.29, 1.82) is 0 Å². The molecule has 2 aromatic heterocycles. The average molecular weight is 260 g/mol. The number of piperidine rings is 1. The van der Waals surface area contributed by atoms with E-state index in [1.165, 1.54) is 25.1 Å².